The lowest BCUT2D eigenvalue weighted by Crippen LogP contribution is -2.48. The molecule has 4 aromatic carbocycles. The zero-order valence-corrected chi connectivity index (χ0v) is 29.1. The highest BCUT2D eigenvalue weighted by molar-refractivity contribution is 7.09. The Bertz CT molecular complexity index is 1760. The third-order valence-electron chi connectivity index (χ3n) is 8.78. The average molecular weight is 677 g/mol. The van der Waals surface area contributed by atoms with E-state index in [9.17, 15) is 4.79 Å². The summed E-state index contributed by atoms with van der Waals surface area (Å²) < 4.78 is 17.0. The van der Waals surface area contributed by atoms with Crippen LogP contribution < -0.4 is 14.2 Å². The fourth-order valence-electron chi connectivity index (χ4n) is 6.01. The maximum Gasteiger partial charge on any atom is 0.273 e. The fourth-order valence-corrected chi connectivity index (χ4v) is 6.82. The summed E-state index contributed by atoms with van der Waals surface area (Å²) in [7, 11) is 3.31. The smallest absolute Gasteiger partial charge is 0.273 e. The summed E-state index contributed by atoms with van der Waals surface area (Å²) in [5.74, 6) is 2.30. The van der Waals surface area contributed by atoms with E-state index in [1.165, 1.54) is 11.1 Å². The molecule has 1 amide bonds. The number of ether oxygens (including phenoxy) is 3. The van der Waals surface area contributed by atoms with E-state index in [0.29, 0.717) is 31.9 Å². The standard InChI is InChI=1S/C40H44N4O4S/c1-46-37-18-15-31(25-38(37)47-2)19-20-43(27-33-13-16-35(17-14-33)48-29-34-11-7-4-8-12-34)28-39-41-36(30-49-39)40(45)44-23-21-42(22-24-44)26-32-9-5-3-6-10-32/h3-18,25,30H,19-24,26-29H2,1-2H3. The molecule has 9 heteroatoms. The second-order valence-electron chi connectivity index (χ2n) is 12.2. The normalized spacial score (nSPS) is 13.4. The molecule has 0 saturated carbocycles. The number of thiazole rings is 1. The van der Waals surface area contributed by atoms with Crippen LogP contribution in [0.4, 0.5) is 0 Å². The minimum absolute atomic E-state index is 0.0184. The van der Waals surface area contributed by atoms with Gasteiger partial charge < -0.3 is 19.1 Å². The Morgan fingerprint density at radius 2 is 1.43 bits per heavy atom. The number of nitrogens with zero attached hydrogens (tertiary/aromatic N) is 4. The van der Waals surface area contributed by atoms with Gasteiger partial charge in [0.2, 0.25) is 0 Å². The van der Waals surface area contributed by atoms with Gasteiger partial charge in [0.15, 0.2) is 11.5 Å². The van der Waals surface area contributed by atoms with Gasteiger partial charge in [-0.3, -0.25) is 14.6 Å². The summed E-state index contributed by atoms with van der Waals surface area (Å²) in [6, 6.07) is 35.1. The van der Waals surface area contributed by atoms with Crippen LogP contribution >= 0.6 is 11.3 Å². The first-order valence-corrected chi connectivity index (χ1v) is 17.6. The zero-order valence-electron chi connectivity index (χ0n) is 28.3. The van der Waals surface area contributed by atoms with Gasteiger partial charge in [-0.15, -0.1) is 11.3 Å². The number of methoxy groups -OCH3 is 2. The van der Waals surface area contributed by atoms with Crippen molar-refractivity contribution < 1.29 is 19.0 Å². The van der Waals surface area contributed by atoms with Gasteiger partial charge in [-0.2, -0.15) is 0 Å². The van der Waals surface area contributed by atoms with Gasteiger partial charge in [0, 0.05) is 51.2 Å². The largest absolute Gasteiger partial charge is 0.493 e. The molecule has 0 unspecified atom stereocenters. The molecular weight excluding hydrogens is 633 g/mol. The molecule has 1 aromatic heterocycles. The quantitative estimate of drug-likeness (QED) is 0.119. The molecule has 254 valence electrons. The zero-order chi connectivity index (χ0) is 33.8. The van der Waals surface area contributed by atoms with Gasteiger partial charge in [0.25, 0.3) is 5.91 Å². The van der Waals surface area contributed by atoms with Crippen molar-refractivity contribution in [3.63, 3.8) is 0 Å². The second-order valence-corrected chi connectivity index (χ2v) is 13.2. The van der Waals surface area contributed by atoms with Crippen LogP contribution in [0, 0.1) is 0 Å². The molecule has 0 bridgehead atoms. The topological polar surface area (TPSA) is 67.4 Å². The van der Waals surface area contributed by atoms with Crippen molar-refractivity contribution in [3.8, 4) is 17.2 Å². The molecule has 1 aliphatic rings. The number of carbonyl (C=O) groups excluding carboxylic acids is 1. The molecule has 49 heavy (non-hydrogen) atoms. The van der Waals surface area contributed by atoms with Crippen molar-refractivity contribution in [1.82, 2.24) is 19.7 Å². The van der Waals surface area contributed by atoms with Gasteiger partial charge >= 0.3 is 0 Å². The van der Waals surface area contributed by atoms with Crippen LogP contribution in [0.15, 0.2) is 109 Å². The minimum Gasteiger partial charge on any atom is -0.493 e. The Balaban J connectivity index is 1.09. The molecule has 6 rings (SSSR count). The molecule has 1 saturated heterocycles. The molecular formula is C40H44N4O4S. The summed E-state index contributed by atoms with van der Waals surface area (Å²) >= 11 is 1.56. The van der Waals surface area contributed by atoms with Gasteiger partial charge in [0.05, 0.1) is 20.8 Å². The average Bonchev–Trinajstić information content (AvgIpc) is 3.62. The lowest BCUT2D eigenvalue weighted by atomic mass is 10.1. The number of hydrogen-bond donors (Lipinski definition) is 0. The molecule has 8 nitrogen and oxygen atoms in total. The molecule has 0 aliphatic carbocycles. The second kappa shape index (κ2) is 17.1. The Morgan fingerprint density at radius 1 is 0.755 bits per heavy atom. The number of carbonyl (C=O) groups is 1. The van der Waals surface area contributed by atoms with Gasteiger partial charge in [-0.25, -0.2) is 4.98 Å². The predicted molar refractivity (Wildman–Crippen MR) is 194 cm³/mol. The minimum atomic E-state index is 0.0184. The van der Waals surface area contributed by atoms with Crippen LogP contribution in [0.25, 0.3) is 0 Å². The predicted octanol–water partition coefficient (Wildman–Crippen LogP) is 6.94. The maximum atomic E-state index is 13.5. The highest BCUT2D eigenvalue weighted by atomic mass is 32.1. The maximum absolute atomic E-state index is 13.5. The SMILES string of the molecule is COc1ccc(CCN(Cc2ccc(OCc3ccccc3)cc2)Cc2nc(C(=O)N3CCN(Cc4ccccc4)CC3)cs2)cc1OC. The molecule has 1 fully saturated rings. The molecule has 0 N–H and O–H groups in total. The van der Waals surface area contributed by atoms with E-state index in [1.807, 2.05) is 58.8 Å². The summed E-state index contributed by atoms with van der Waals surface area (Å²) in [5.41, 5.74) is 5.32. The number of amides is 1. The third kappa shape index (κ3) is 9.69. The van der Waals surface area contributed by atoms with Crippen molar-refractivity contribution in [2.45, 2.75) is 32.7 Å². The van der Waals surface area contributed by atoms with Crippen molar-refractivity contribution in [2.24, 2.45) is 0 Å². The molecule has 0 radical (unpaired) electrons. The monoisotopic (exact) mass is 676 g/mol. The molecule has 2 heterocycles. The molecule has 0 atom stereocenters. The first kappa shape index (κ1) is 34.2. The number of piperazine rings is 1. The highest BCUT2D eigenvalue weighted by Crippen LogP contribution is 2.28. The van der Waals surface area contributed by atoms with Crippen LogP contribution in [0.2, 0.25) is 0 Å². The highest BCUT2D eigenvalue weighted by Gasteiger charge is 2.24. The van der Waals surface area contributed by atoms with Crippen LogP contribution in [-0.2, 0) is 32.7 Å². The van der Waals surface area contributed by atoms with Crippen LogP contribution in [0.1, 0.15) is 37.7 Å². The van der Waals surface area contributed by atoms with Crippen molar-refractivity contribution in [3.05, 3.63) is 141 Å². The van der Waals surface area contributed by atoms with E-state index in [0.717, 1.165) is 72.5 Å². The Hall–Kier alpha value is -4.70. The number of aromatic nitrogens is 1. The Labute approximate surface area is 293 Å². The summed E-state index contributed by atoms with van der Waals surface area (Å²) in [6.07, 6.45) is 0.822. The van der Waals surface area contributed by atoms with E-state index >= 15 is 0 Å². The number of hydrogen-bond acceptors (Lipinski definition) is 8. The van der Waals surface area contributed by atoms with E-state index in [1.54, 1.807) is 25.6 Å². The van der Waals surface area contributed by atoms with Gasteiger partial charge in [-0.1, -0.05) is 78.9 Å². The Morgan fingerprint density at radius 3 is 2.12 bits per heavy atom. The van der Waals surface area contributed by atoms with E-state index < -0.39 is 0 Å². The third-order valence-corrected chi connectivity index (χ3v) is 9.61. The number of benzene rings is 4. The summed E-state index contributed by atoms with van der Waals surface area (Å²) in [4.78, 5) is 25.0. The molecule has 0 spiro atoms. The van der Waals surface area contributed by atoms with Crippen LogP contribution in [-0.4, -0.2) is 72.5 Å². The van der Waals surface area contributed by atoms with Crippen molar-refractivity contribution in [1.29, 1.82) is 0 Å². The van der Waals surface area contributed by atoms with Crippen LogP contribution in [0.5, 0.6) is 17.2 Å². The van der Waals surface area contributed by atoms with E-state index in [-0.39, 0.29) is 5.91 Å². The molecule has 1 aliphatic heterocycles. The van der Waals surface area contributed by atoms with Gasteiger partial charge in [-0.05, 0) is 52.9 Å². The van der Waals surface area contributed by atoms with Crippen molar-refractivity contribution >= 4 is 17.2 Å². The summed E-state index contributed by atoms with van der Waals surface area (Å²) in [5, 5.41) is 2.85. The van der Waals surface area contributed by atoms with Crippen LogP contribution in [0.3, 0.4) is 0 Å². The lowest BCUT2D eigenvalue weighted by Gasteiger charge is -2.34. The number of rotatable bonds is 15. The van der Waals surface area contributed by atoms with E-state index in [2.05, 4.69) is 64.4 Å². The first-order chi connectivity index (χ1) is 24.1. The first-order valence-electron chi connectivity index (χ1n) is 16.7. The van der Waals surface area contributed by atoms with Gasteiger partial charge in [0.1, 0.15) is 23.1 Å². The molecule has 5 aromatic rings. The lowest BCUT2D eigenvalue weighted by molar-refractivity contribution is 0.0623. The summed E-state index contributed by atoms with van der Waals surface area (Å²) in [6.45, 7) is 6.75. The Kier molecular flexibility index (Phi) is 11.9. The fraction of sp³-hybridized carbons (Fsp3) is 0.300. The van der Waals surface area contributed by atoms with E-state index in [4.69, 9.17) is 19.2 Å². The van der Waals surface area contributed by atoms with Crippen molar-refractivity contribution in [2.75, 3.05) is 46.9 Å².